The molecule has 2 N–H and O–H groups in total. The average Bonchev–Trinajstić information content (AvgIpc) is 3.01. The molecule has 0 radical (unpaired) electrons. The van der Waals surface area contributed by atoms with Crippen molar-refractivity contribution in [3.05, 3.63) is 71.9 Å². The van der Waals surface area contributed by atoms with Crippen molar-refractivity contribution in [2.24, 2.45) is 0 Å². The predicted molar refractivity (Wildman–Crippen MR) is 88.7 cm³/mol. The quantitative estimate of drug-likeness (QED) is 0.556. The van der Waals surface area contributed by atoms with E-state index in [0.717, 1.165) is 10.9 Å². The zero-order valence-electron chi connectivity index (χ0n) is 12.7. The number of nitrogens with one attached hydrogen (secondary N) is 1. The van der Waals surface area contributed by atoms with Crippen LogP contribution in [0, 0.1) is 0 Å². The molecule has 0 aliphatic rings. The average molecular weight is 307 g/mol. The molecule has 3 rings (SSSR count). The van der Waals surface area contributed by atoms with E-state index in [4.69, 9.17) is 0 Å². The highest BCUT2D eigenvalue weighted by molar-refractivity contribution is 6.18. The van der Waals surface area contributed by atoms with Gasteiger partial charge in [-0.25, -0.2) is 0 Å². The summed E-state index contributed by atoms with van der Waals surface area (Å²) in [6, 6.07) is 16.0. The van der Waals surface area contributed by atoms with E-state index in [0.29, 0.717) is 11.1 Å². The first-order valence-corrected chi connectivity index (χ1v) is 7.51. The Balaban J connectivity index is 2.26. The van der Waals surface area contributed by atoms with E-state index in [1.807, 2.05) is 24.3 Å². The third-order valence-corrected chi connectivity index (χ3v) is 4.37. The number of para-hydroxylation sites is 1. The van der Waals surface area contributed by atoms with Gasteiger partial charge in [0.2, 0.25) is 0 Å². The number of rotatable bonds is 5. The normalized spacial score (nSPS) is 13.6. The van der Waals surface area contributed by atoms with Crippen LogP contribution in [0.2, 0.25) is 0 Å². The first kappa shape index (κ1) is 15.0. The number of benzene rings is 2. The molecule has 0 fully saturated rings. The number of aromatic nitrogens is 1. The lowest BCUT2D eigenvalue weighted by Crippen LogP contribution is -2.43. The van der Waals surface area contributed by atoms with Gasteiger partial charge in [0.05, 0.1) is 0 Å². The fourth-order valence-electron chi connectivity index (χ4n) is 3.10. The van der Waals surface area contributed by atoms with Crippen molar-refractivity contribution in [1.29, 1.82) is 0 Å². The van der Waals surface area contributed by atoms with Gasteiger partial charge in [0.25, 0.3) is 0 Å². The molecule has 23 heavy (non-hydrogen) atoms. The highest BCUT2D eigenvalue weighted by atomic mass is 16.4. The van der Waals surface area contributed by atoms with E-state index < -0.39 is 17.2 Å². The van der Waals surface area contributed by atoms with Crippen molar-refractivity contribution in [1.82, 2.24) is 4.98 Å². The minimum Gasteiger partial charge on any atom is -0.480 e. The van der Waals surface area contributed by atoms with Crippen LogP contribution >= 0.6 is 0 Å². The molecule has 1 unspecified atom stereocenters. The molecule has 4 heteroatoms. The summed E-state index contributed by atoms with van der Waals surface area (Å²) in [4.78, 5) is 28.3. The van der Waals surface area contributed by atoms with E-state index in [2.05, 4.69) is 4.98 Å². The third kappa shape index (κ3) is 2.23. The Bertz CT molecular complexity index is 866. The van der Waals surface area contributed by atoms with Crippen molar-refractivity contribution in [3.63, 3.8) is 0 Å². The summed E-state index contributed by atoms with van der Waals surface area (Å²) >= 11 is 0. The van der Waals surface area contributed by atoms with Crippen molar-refractivity contribution >= 4 is 22.7 Å². The number of hydrogen-bond donors (Lipinski definition) is 2. The van der Waals surface area contributed by atoms with Gasteiger partial charge in [0, 0.05) is 28.2 Å². The maximum atomic E-state index is 13.1. The number of H-pyrrole nitrogens is 1. The summed E-state index contributed by atoms with van der Waals surface area (Å²) in [6.07, 6.45) is 1.82. The lowest BCUT2D eigenvalue weighted by atomic mass is 9.72. The summed E-state index contributed by atoms with van der Waals surface area (Å²) in [7, 11) is 0. The maximum absolute atomic E-state index is 13.1. The Morgan fingerprint density at radius 3 is 2.35 bits per heavy atom. The molecule has 0 saturated carbocycles. The van der Waals surface area contributed by atoms with Crippen molar-refractivity contribution < 1.29 is 14.7 Å². The molecule has 0 aliphatic carbocycles. The minimum absolute atomic E-state index is 0.178. The number of aromatic amines is 1. The number of ketones is 1. The van der Waals surface area contributed by atoms with Gasteiger partial charge < -0.3 is 10.1 Å². The van der Waals surface area contributed by atoms with Gasteiger partial charge in [0.1, 0.15) is 0 Å². The largest absolute Gasteiger partial charge is 0.480 e. The van der Waals surface area contributed by atoms with Gasteiger partial charge in [-0.3, -0.25) is 9.59 Å². The van der Waals surface area contributed by atoms with Crippen LogP contribution in [0.1, 0.15) is 29.3 Å². The molecule has 0 saturated heterocycles. The predicted octanol–water partition coefficient (Wildman–Crippen LogP) is 3.78. The molecular weight excluding hydrogens is 290 g/mol. The van der Waals surface area contributed by atoms with Crippen LogP contribution in [-0.2, 0) is 10.2 Å². The summed E-state index contributed by atoms with van der Waals surface area (Å²) < 4.78 is 0. The molecule has 0 bridgehead atoms. The van der Waals surface area contributed by atoms with E-state index in [1.54, 1.807) is 43.5 Å². The molecule has 4 nitrogen and oxygen atoms in total. The van der Waals surface area contributed by atoms with Crippen molar-refractivity contribution in [2.45, 2.75) is 18.8 Å². The Hall–Kier alpha value is -2.88. The van der Waals surface area contributed by atoms with Crippen LogP contribution in [0.5, 0.6) is 0 Å². The van der Waals surface area contributed by atoms with Gasteiger partial charge >= 0.3 is 5.97 Å². The van der Waals surface area contributed by atoms with Gasteiger partial charge in [-0.2, -0.15) is 0 Å². The van der Waals surface area contributed by atoms with Gasteiger partial charge in [-0.15, -0.1) is 0 Å². The van der Waals surface area contributed by atoms with E-state index >= 15 is 0 Å². The maximum Gasteiger partial charge on any atom is 0.322 e. The van der Waals surface area contributed by atoms with Crippen LogP contribution in [0.15, 0.2) is 60.8 Å². The second-order valence-electron chi connectivity index (χ2n) is 5.51. The molecule has 1 aromatic heterocycles. The molecule has 1 heterocycles. The third-order valence-electron chi connectivity index (χ3n) is 4.37. The fraction of sp³-hybridized carbons (Fsp3) is 0.158. The summed E-state index contributed by atoms with van der Waals surface area (Å²) in [5.41, 5.74) is 0.141. The monoisotopic (exact) mass is 307 g/mol. The SMILES string of the molecule is CCC(C(=O)O)(C(=O)c1ccccc1)c1c[nH]c2ccccc12. The van der Waals surface area contributed by atoms with Gasteiger partial charge in [-0.1, -0.05) is 55.5 Å². The standard InChI is InChI=1S/C19H17NO3/c1-2-19(18(22)23,17(21)13-8-4-3-5-9-13)15-12-20-16-11-7-6-10-14(15)16/h3-12,20H,2H2,1H3,(H,22,23). The zero-order chi connectivity index (χ0) is 16.4. The van der Waals surface area contributed by atoms with E-state index in [-0.39, 0.29) is 6.42 Å². The lowest BCUT2D eigenvalue weighted by molar-refractivity contribution is -0.141. The van der Waals surface area contributed by atoms with Gasteiger partial charge in [-0.05, 0) is 12.5 Å². The molecule has 116 valence electrons. The number of carbonyl (C=O) groups excluding carboxylic acids is 1. The van der Waals surface area contributed by atoms with Crippen molar-refractivity contribution in [2.75, 3.05) is 0 Å². The lowest BCUT2D eigenvalue weighted by Gasteiger charge is -2.26. The second-order valence-corrected chi connectivity index (χ2v) is 5.51. The van der Waals surface area contributed by atoms with Crippen molar-refractivity contribution in [3.8, 4) is 0 Å². The van der Waals surface area contributed by atoms with Crippen LogP contribution < -0.4 is 0 Å². The molecule has 2 aromatic carbocycles. The first-order chi connectivity index (χ1) is 11.1. The van der Waals surface area contributed by atoms with E-state index in [1.165, 1.54) is 0 Å². The molecule has 3 aromatic rings. The molecule has 0 amide bonds. The van der Waals surface area contributed by atoms with Crippen LogP contribution in [0.25, 0.3) is 10.9 Å². The summed E-state index contributed by atoms with van der Waals surface area (Å²) in [5.74, 6) is -1.52. The number of aliphatic carboxylic acids is 1. The summed E-state index contributed by atoms with van der Waals surface area (Å²) in [6.45, 7) is 1.73. The first-order valence-electron chi connectivity index (χ1n) is 7.51. The highest BCUT2D eigenvalue weighted by Crippen LogP contribution is 2.37. The number of Topliss-reactive ketones (excluding diaryl/α,β-unsaturated/α-hetero) is 1. The number of hydrogen-bond acceptors (Lipinski definition) is 2. The smallest absolute Gasteiger partial charge is 0.322 e. The summed E-state index contributed by atoms with van der Waals surface area (Å²) in [5, 5.41) is 10.7. The van der Waals surface area contributed by atoms with E-state index in [9.17, 15) is 14.7 Å². The van der Waals surface area contributed by atoms with Crippen LogP contribution in [0.4, 0.5) is 0 Å². The number of fused-ring (bicyclic) bond motifs is 1. The zero-order valence-corrected chi connectivity index (χ0v) is 12.7. The van der Waals surface area contributed by atoms with Crippen LogP contribution in [-0.4, -0.2) is 21.8 Å². The van der Waals surface area contributed by atoms with Crippen LogP contribution in [0.3, 0.4) is 0 Å². The molecular formula is C19H17NO3. The van der Waals surface area contributed by atoms with Gasteiger partial charge in [0.15, 0.2) is 11.2 Å². The highest BCUT2D eigenvalue weighted by Gasteiger charge is 2.47. The Morgan fingerprint density at radius 2 is 1.70 bits per heavy atom. The Morgan fingerprint density at radius 1 is 1.04 bits per heavy atom. The number of carboxylic acids is 1. The fourth-order valence-corrected chi connectivity index (χ4v) is 3.10. The molecule has 0 aliphatic heterocycles. The number of carboxylic acid groups (broad SMARTS) is 1. The molecule has 0 spiro atoms. The number of carbonyl (C=O) groups is 2. The minimum atomic E-state index is -1.60. The second kappa shape index (κ2) is 5.72. The topological polar surface area (TPSA) is 70.2 Å². The Kier molecular flexibility index (Phi) is 3.74. The Labute approximate surface area is 133 Å². The molecule has 1 atom stereocenters.